The lowest BCUT2D eigenvalue weighted by Crippen LogP contribution is -2.40. The number of fused-ring (bicyclic) bond motifs is 3. The molecule has 2 aliphatic carbocycles. The molecule has 2 unspecified atom stereocenters. The maximum absolute atomic E-state index is 4.98. The van der Waals surface area contributed by atoms with Gasteiger partial charge >= 0.3 is 0 Å². The summed E-state index contributed by atoms with van der Waals surface area (Å²) in [5.74, 6) is 0. The minimum absolute atomic E-state index is 0.666. The molecule has 0 spiro atoms. The zero-order valence-electron chi connectivity index (χ0n) is 28.2. The topological polar surface area (TPSA) is 19.4 Å². The summed E-state index contributed by atoms with van der Waals surface area (Å²) in [6.07, 6.45) is 12.4. The first-order valence-corrected chi connectivity index (χ1v) is 18.6. The fraction of sp³-hybridized carbons (Fsp3) is 0.488. The van der Waals surface area contributed by atoms with E-state index in [4.69, 9.17) is 4.98 Å². The van der Waals surface area contributed by atoms with Gasteiger partial charge in [-0.15, -0.1) is 0 Å². The van der Waals surface area contributed by atoms with Gasteiger partial charge in [0.05, 0.1) is 11.2 Å². The van der Waals surface area contributed by atoms with Crippen LogP contribution >= 0.6 is 15.9 Å². The first-order valence-electron chi connectivity index (χ1n) is 17.8. The van der Waals surface area contributed by atoms with Crippen molar-refractivity contribution in [2.75, 3.05) is 26.2 Å². The molecule has 6 rings (SSSR count). The third-order valence-electron chi connectivity index (χ3n) is 9.81. The van der Waals surface area contributed by atoms with Gasteiger partial charge in [0.15, 0.2) is 0 Å². The van der Waals surface area contributed by atoms with Crippen molar-refractivity contribution in [1.82, 2.24) is 14.8 Å². The number of nitrogens with zero attached hydrogens (tertiary/aromatic N) is 3. The second-order valence-electron chi connectivity index (χ2n) is 13.1. The van der Waals surface area contributed by atoms with Gasteiger partial charge in [0.1, 0.15) is 0 Å². The lowest BCUT2D eigenvalue weighted by Gasteiger charge is -2.35. The Hall–Kier alpha value is -2.53. The Bertz CT molecular complexity index is 1500. The lowest BCUT2D eigenvalue weighted by molar-refractivity contribution is 0.180. The highest BCUT2D eigenvalue weighted by Gasteiger charge is 2.26. The number of aromatic nitrogens is 1. The average molecular weight is 669 g/mol. The van der Waals surface area contributed by atoms with Crippen LogP contribution in [0, 0.1) is 0 Å². The molecule has 0 saturated carbocycles. The van der Waals surface area contributed by atoms with E-state index in [9.17, 15) is 0 Å². The van der Waals surface area contributed by atoms with E-state index in [2.05, 4.69) is 126 Å². The zero-order chi connectivity index (χ0) is 31.6. The predicted molar refractivity (Wildman–Crippen MR) is 197 cm³/mol. The maximum Gasteiger partial charge on any atom is 0.0712 e. The van der Waals surface area contributed by atoms with E-state index < -0.39 is 0 Å². The summed E-state index contributed by atoms with van der Waals surface area (Å²) in [5, 5.41) is 1.21. The Labute approximate surface area is 281 Å². The van der Waals surface area contributed by atoms with Crippen LogP contribution in [-0.2, 0) is 25.7 Å². The smallest absolute Gasteiger partial charge is 0.0712 e. The minimum Gasteiger partial charge on any atom is -0.300 e. The molecule has 0 saturated heterocycles. The van der Waals surface area contributed by atoms with Crippen LogP contribution in [0.1, 0.15) is 88.5 Å². The largest absolute Gasteiger partial charge is 0.300 e. The van der Waals surface area contributed by atoms with Gasteiger partial charge in [0.2, 0.25) is 0 Å². The first kappa shape index (κ1) is 33.8. The molecule has 45 heavy (non-hydrogen) atoms. The Balaban J connectivity index is 0.000000194. The lowest BCUT2D eigenvalue weighted by atomic mass is 9.83. The van der Waals surface area contributed by atoms with Crippen LogP contribution in [0.3, 0.4) is 0 Å². The first-order chi connectivity index (χ1) is 22.1. The minimum atomic E-state index is 0.666. The Kier molecular flexibility index (Phi) is 12.7. The second kappa shape index (κ2) is 16.9. The Morgan fingerprint density at radius 2 is 1.18 bits per heavy atom. The SMILES string of the molecule is CCCN(CCC)C1CCc2cccc(-c3ccc4ccccc4n3)c2C1.CCCN(CCC)C1CCc2cccc(Br)c2C1. The molecule has 0 aliphatic heterocycles. The number of hydrogen-bond donors (Lipinski definition) is 0. The highest BCUT2D eigenvalue weighted by atomic mass is 79.9. The van der Waals surface area contributed by atoms with Gasteiger partial charge < -0.3 is 9.80 Å². The molecule has 2 atom stereocenters. The van der Waals surface area contributed by atoms with E-state index in [1.165, 1.54) is 111 Å². The number of pyridine rings is 1. The van der Waals surface area contributed by atoms with Gasteiger partial charge in [-0.1, -0.05) is 98.2 Å². The van der Waals surface area contributed by atoms with Crippen molar-refractivity contribution >= 4 is 26.8 Å². The van der Waals surface area contributed by atoms with Gasteiger partial charge in [0.25, 0.3) is 0 Å². The van der Waals surface area contributed by atoms with Gasteiger partial charge in [0, 0.05) is 27.5 Å². The predicted octanol–water partition coefficient (Wildman–Crippen LogP) is 10.3. The molecule has 240 valence electrons. The second-order valence-corrected chi connectivity index (χ2v) is 13.9. The standard InChI is InChI=1S/C25H30N2.C16H24BrN/c1-3-16-27(17-4-2)21-14-12-19-9-7-10-22(23(19)18-21)25-15-13-20-8-5-6-11-24(20)26-25;1-3-10-18(11-4-2)14-9-8-13-6-5-7-16(17)15(13)12-14/h5-11,13,15,21H,3-4,12,14,16-18H2,1-2H3;5-7,14H,3-4,8-12H2,1-2H3. The van der Waals surface area contributed by atoms with Gasteiger partial charge in [-0.25, -0.2) is 4.98 Å². The van der Waals surface area contributed by atoms with Crippen LogP contribution in [0.2, 0.25) is 0 Å². The van der Waals surface area contributed by atoms with Crippen molar-refractivity contribution in [3.63, 3.8) is 0 Å². The third-order valence-corrected chi connectivity index (χ3v) is 10.6. The molecule has 1 aromatic heterocycles. The molecule has 4 heteroatoms. The van der Waals surface area contributed by atoms with E-state index in [0.717, 1.165) is 23.7 Å². The Morgan fingerprint density at radius 3 is 1.80 bits per heavy atom. The van der Waals surface area contributed by atoms with Crippen LogP contribution in [0.25, 0.3) is 22.2 Å². The molecule has 0 fully saturated rings. The molecule has 3 aromatic carbocycles. The van der Waals surface area contributed by atoms with Crippen LogP contribution in [0.15, 0.2) is 77.3 Å². The van der Waals surface area contributed by atoms with E-state index in [0.29, 0.717) is 6.04 Å². The van der Waals surface area contributed by atoms with Crippen LogP contribution in [0.5, 0.6) is 0 Å². The average Bonchev–Trinajstić information content (AvgIpc) is 3.08. The molecule has 0 N–H and O–H groups in total. The highest BCUT2D eigenvalue weighted by Crippen LogP contribution is 2.34. The number of para-hydroxylation sites is 1. The van der Waals surface area contributed by atoms with E-state index >= 15 is 0 Å². The number of aryl methyl sites for hydroxylation is 2. The van der Waals surface area contributed by atoms with E-state index in [1.54, 1.807) is 11.1 Å². The number of halogens is 1. The summed E-state index contributed by atoms with van der Waals surface area (Å²) < 4.78 is 1.30. The van der Waals surface area contributed by atoms with E-state index in [1.807, 2.05) is 0 Å². The van der Waals surface area contributed by atoms with Crippen molar-refractivity contribution in [2.24, 2.45) is 0 Å². The third kappa shape index (κ3) is 8.44. The molecule has 0 amide bonds. The highest BCUT2D eigenvalue weighted by molar-refractivity contribution is 9.10. The van der Waals surface area contributed by atoms with Crippen molar-refractivity contribution in [1.29, 1.82) is 0 Å². The normalized spacial score (nSPS) is 17.6. The van der Waals surface area contributed by atoms with Gasteiger partial charge in [-0.3, -0.25) is 0 Å². The summed E-state index contributed by atoms with van der Waals surface area (Å²) in [6.45, 7) is 14.1. The maximum atomic E-state index is 4.98. The van der Waals surface area contributed by atoms with Gasteiger partial charge in [-0.2, -0.15) is 0 Å². The van der Waals surface area contributed by atoms with E-state index in [-0.39, 0.29) is 0 Å². The molecule has 0 bridgehead atoms. The van der Waals surface area contributed by atoms with Crippen molar-refractivity contribution in [3.05, 3.63) is 99.5 Å². The fourth-order valence-electron chi connectivity index (χ4n) is 7.68. The molecule has 0 radical (unpaired) electrons. The Morgan fingerprint density at radius 1 is 0.622 bits per heavy atom. The van der Waals surface area contributed by atoms with Gasteiger partial charge in [-0.05, 0) is 131 Å². The molecular formula is C41H54BrN3. The quantitative estimate of drug-likeness (QED) is 0.159. The summed E-state index contributed by atoms with van der Waals surface area (Å²) in [4.78, 5) is 10.4. The van der Waals surface area contributed by atoms with Crippen molar-refractivity contribution < 1.29 is 0 Å². The number of hydrogen-bond acceptors (Lipinski definition) is 3. The zero-order valence-corrected chi connectivity index (χ0v) is 29.8. The summed E-state index contributed by atoms with van der Waals surface area (Å²) >= 11 is 3.72. The molecule has 4 aromatic rings. The van der Waals surface area contributed by atoms with Crippen molar-refractivity contribution in [3.8, 4) is 11.3 Å². The van der Waals surface area contributed by atoms with Crippen LogP contribution < -0.4 is 0 Å². The molecule has 1 heterocycles. The summed E-state index contributed by atoms with van der Waals surface area (Å²) in [7, 11) is 0. The molecular weight excluding hydrogens is 614 g/mol. The monoisotopic (exact) mass is 667 g/mol. The number of benzene rings is 3. The van der Waals surface area contributed by atoms with Crippen molar-refractivity contribution in [2.45, 2.75) is 104 Å². The molecule has 3 nitrogen and oxygen atoms in total. The fourth-order valence-corrected chi connectivity index (χ4v) is 8.25. The molecule has 2 aliphatic rings. The van der Waals surface area contributed by atoms with Crippen LogP contribution in [0.4, 0.5) is 0 Å². The number of rotatable bonds is 11. The summed E-state index contributed by atoms with van der Waals surface area (Å²) in [6, 6.07) is 27.6. The van der Waals surface area contributed by atoms with Crippen LogP contribution in [-0.4, -0.2) is 53.0 Å². The summed E-state index contributed by atoms with van der Waals surface area (Å²) in [5.41, 5.74) is 9.66.